The maximum absolute atomic E-state index is 11.8. The lowest BCUT2D eigenvalue weighted by atomic mass is 9.98. The molecule has 1 aromatic heterocycles. The molecule has 0 amide bonds. The molecule has 0 bridgehead atoms. The number of esters is 1. The summed E-state index contributed by atoms with van der Waals surface area (Å²) in [6.45, 7) is 5.59. The van der Waals surface area contributed by atoms with E-state index in [1.165, 1.54) is 16.5 Å². The van der Waals surface area contributed by atoms with Gasteiger partial charge in [-0.3, -0.25) is 4.79 Å². The zero-order valence-electron chi connectivity index (χ0n) is 17.7. The molecule has 0 fully saturated rings. The van der Waals surface area contributed by atoms with Gasteiger partial charge in [0, 0.05) is 29.1 Å². The molecule has 0 radical (unpaired) electrons. The molecule has 158 valence electrons. The highest BCUT2D eigenvalue weighted by atomic mass is 16.5. The average Bonchev–Trinajstić information content (AvgIpc) is 3.37. The van der Waals surface area contributed by atoms with Crippen LogP contribution in [0.15, 0.2) is 42.6 Å². The first-order valence-corrected chi connectivity index (χ1v) is 10.8. The van der Waals surface area contributed by atoms with Crippen LogP contribution in [-0.2, 0) is 16.0 Å². The van der Waals surface area contributed by atoms with Crippen molar-refractivity contribution in [3.8, 4) is 11.5 Å². The van der Waals surface area contributed by atoms with E-state index >= 15 is 0 Å². The highest BCUT2D eigenvalue weighted by molar-refractivity contribution is 5.84. The van der Waals surface area contributed by atoms with Gasteiger partial charge in [-0.15, -0.1) is 0 Å². The van der Waals surface area contributed by atoms with E-state index in [-0.39, 0.29) is 11.9 Å². The maximum atomic E-state index is 11.8. The van der Waals surface area contributed by atoms with Crippen LogP contribution < -0.4 is 9.47 Å². The molecule has 5 heteroatoms. The van der Waals surface area contributed by atoms with Crippen LogP contribution in [0, 0.1) is 6.92 Å². The molecule has 0 saturated heterocycles. The average molecular weight is 408 g/mol. The quantitative estimate of drug-likeness (QED) is 0.386. The minimum Gasteiger partial charge on any atom is -0.493 e. The number of nitrogens with one attached hydrogen (secondary N) is 1. The molecule has 0 unspecified atom stereocenters. The van der Waals surface area contributed by atoms with Crippen molar-refractivity contribution in [2.45, 2.75) is 45.4 Å². The zero-order valence-corrected chi connectivity index (χ0v) is 17.7. The van der Waals surface area contributed by atoms with E-state index in [9.17, 15) is 4.79 Å². The van der Waals surface area contributed by atoms with E-state index in [2.05, 4.69) is 30.1 Å². The molecule has 0 aliphatic heterocycles. The van der Waals surface area contributed by atoms with E-state index in [0.717, 1.165) is 41.8 Å². The van der Waals surface area contributed by atoms with Gasteiger partial charge in [0.2, 0.25) is 0 Å². The van der Waals surface area contributed by atoms with Crippen LogP contribution in [0.1, 0.15) is 48.8 Å². The highest BCUT2D eigenvalue weighted by Crippen LogP contribution is 2.37. The number of hydrogen-bond acceptors (Lipinski definition) is 4. The first-order valence-electron chi connectivity index (χ1n) is 10.8. The van der Waals surface area contributed by atoms with Crippen LogP contribution in [0.5, 0.6) is 11.5 Å². The molecular weight excluding hydrogens is 378 g/mol. The Hall–Kier alpha value is -2.95. The van der Waals surface area contributed by atoms with Crippen LogP contribution in [0.4, 0.5) is 0 Å². The third-order valence-corrected chi connectivity index (χ3v) is 5.80. The molecule has 1 aliphatic carbocycles. The van der Waals surface area contributed by atoms with Gasteiger partial charge in [0.05, 0.1) is 26.2 Å². The number of aryl methyl sites for hydroxylation is 2. The minimum atomic E-state index is -0.110. The van der Waals surface area contributed by atoms with Crippen LogP contribution in [-0.4, -0.2) is 30.8 Å². The molecule has 1 heterocycles. The van der Waals surface area contributed by atoms with Gasteiger partial charge in [-0.2, -0.15) is 0 Å². The van der Waals surface area contributed by atoms with Crippen molar-refractivity contribution in [3.05, 3.63) is 59.3 Å². The number of benzene rings is 2. The summed E-state index contributed by atoms with van der Waals surface area (Å²) >= 11 is 0. The molecular formula is C25H29NO4. The molecule has 5 nitrogen and oxygen atoms in total. The predicted molar refractivity (Wildman–Crippen MR) is 117 cm³/mol. The Labute approximate surface area is 177 Å². The van der Waals surface area contributed by atoms with E-state index in [1.54, 1.807) is 0 Å². The lowest BCUT2D eigenvalue weighted by Crippen LogP contribution is -2.08. The summed E-state index contributed by atoms with van der Waals surface area (Å²) in [5, 5.41) is 1.20. The number of aromatic nitrogens is 1. The van der Waals surface area contributed by atoms with Gasteiger partial charge in [-0.05, 0) is 74.1 Å². The summed E-state index contributed by atoms with van der Waals surface area (Å²) in [5.74, 6) is 1.96. The lowest BCUT2D eigenvalue weighted by Gasteiger charge is -2.13. The summed E-state index contributed by atoms with van der Waals surface area (Å²) in [5.41, 5.74) is 4.83. The number of carbonyl (C=O) groups is 1. The second-order valence-electron chi connectivity index (χ2n) is 7.78. The van der Waals surface area contributed by atoms with Gasteiger partial charge in [0.25, 0.3) is 0 Å². The summed E-state index contributed by atoms with van der Waals surface area (Å²) < 4.78 is 17.0. The standard InChI is InChI=1S/C25H29NO4/c1-3-28-25(27)16-19-6-5-18-15-20(7-8-22(18)19)29-13-4-14-30-24-10-9-23-21(17(24)2)11-12-26-23/h7-12,15,19,26H,3-6,13-14,16H2,1-2H3/t19-/m0/s1. The van der Waals surface area contributed by atoms with Crippen molar-refractivity contribution in [3.63, 3.8) is 0 Å². The van der Waals surface area contributed by atoms with Crippen molar-refractivity contribution >= 4 is 16.9 Å². The first kappa shape index (κ1) is 20.3. The van der Waals surface area contributed by atoms with Gasteiger partial charge in [-0.1, -0.05) is 6.07 Å². The van der Waals surface area contributed by atoms with Crippen LogP contribution >= 0.6 is 0 Å². The van der Waals surface area contributed by atoms with Crippen LogP contribution in [0.2, 0.25) is 0 Å². The second kappa shape index (κ2) is 9.24. The number of carbonyl (C=O) groups excluding carboxylic acids is 1. The van der Waals surface area contributed by atoms with Crippen molar-refractivity contribution < 1.29 is 19.0 Å². The van der Waals surface area contributed by atoms with Crippen LogP contribution in [0.3, 0.4) is 0 Å². The number of aromatic amines is 1. The smallest absolute Gasteiger partial charge is 0.306 e. The number of ether oxygens (including phenoxy) is 3. The second-order valence-corrected chi connectivity index (χ2v) is 7.78. The van der Waals surface area contributed by atoms with Gasteiger partial charge < -0.3 is 19.2 Å². The fourth-order valence-corrected chi connectivity index (χ4v) is 4.26. The molecule has 1 aliphatic rings. The summed E-state index contributed by atoms with van der Waals surface area (Å²) in [6, 6.07) is 12.4. The van der Waals surface area contributed by atoms with Gasteiger partial charge in [0.15, 0.2) is 0 Å². The summed E-state index contributed by atoms with van der Waals surface area (Å²) in [4.78, 5) is 15.0. The maximum Gasteiger partial charge on any atom is 0.306 e. The predicted octanol–water partition coefficient (Wildman–Crippen LogP) is 5.31. The molecule has 0 spiro atoms. The van der Waals surface area contributed by atoms with Crippen molar-refractivity contribution in [2.24, 2.45) is 0 Å². The van der Waals surface area contributed by atoms with Crippen molar-refractivity contribution in [1.82, 2.24) is 4.98 Å². The zero-order chi connectivity index (χ0) is 20.9. The minimum absolute atomic E-state index is 0.110. The highest BCUT2D eigenvalue weighted by Gasteiger charge is 2.25. The molecule has 2 aromatic carbocycles. The fourth-order valence-electron chi connectivity index (χ4n) is 4.26. The van der Waals surface area contributed by atoms with Gasteiger partial charge in [-0.25, -0.2) is 0 Å². The largest absolute Gasteiger partial charge is 0.493 e. The van der Waals surface area contributed by atoms with E-state index in [1.807, 2.05) is 31.3 Å². The molecule has 1 N–H and O–H groups in total. The Morgan fingerprint density at radius 1 is 1.13 bits per heavy atom. The van der Waals surface area contributed by atoms with Crippen LogP contribution in [0.25, 0.3) is 10.9 Å². The van der Waals surface area contributed by atoms with Gasteiger partial charge in [0.1, 0.15) is 11.5 Å². The molecule has 4 rings (SSSR count). The first-order chi connectivity index (χ1) is 14.7. The fraction of sp³-hybridized carbons (Fsp3) is 0.400. The Bertz CT molecular complexity index is 1020. The van der Waals surface area contributed by atoms with E-state index in [0.29, 0.717) is 26.2 Å². The number of fused-ring (bicyclic) bond motifs is 2. The van der Waals surface area contributed by atoms with E-state index in [4.69, 9.17) is 14.2 Å². The number of rotatable bonds is 9. The Morgan fingerprint density at radius 2 is 2.00 bits per heavy atom. The Kier molecular flexibility index (Phi) is 6.26. The Morgan fingerprint density at radius 3 is 2.87 bits per heavy atom. The van der Waals surface area contributed by atoms with Gasteiger partial charge >= 0.3 is 5.97 Å². The normalized spacial score (nSPS) is 15.2. The van der Waals surface area contributed by atoms with Crippen molar-refractivity contribution in [2.75, 3.05) is 19.8 Å². The third-order valence-electron chi connectivity index (χ3n) is 5.80. The number of hydrogen-bond donors (Lipinski definition) is 1. The Balaban J connectivity index is 1.25. The monoisotopic (exact) mass is 407 g/mol. The molecule has 0 saturated carbocycles. The SMILES string of the molecule is CCOC(=O)C[C@@H]1CCc2cc(OCCCOc3ccc4[nH]ccc4c3C)ccc21. The van der Waals surface area contributed by atoms with E-state index < -0.39 is 0 Å². The molecule has 1 atom stereocenters. The molecule has 30 heavy (non-hydrogen) atoms. The summed E-state index contributed by atoms with van der Waals surface area (Å²) in [7, 11) is 0. The summed E-state index contributed by atoms with van der Waals surface area (Å²) in [6.07, 6.45) is 5.21. The number of H-pyrrole nitrogens is 1. The lowest BCUT2D eigenvalue weighted by molar-refractivity contribution is -0.143. The third kappa shape index (κ3) is 4.45. The molecule has 3 aromatic rings. The van der Waals surface area contributed by atoms with Crippen molar-refractivity contribution in [1.29, 1.82) is 0 Å². The topological polar surface area (TPSA) is 60.6 Å².